The molecule has 2 rings (SSSR count). The number of hydrogen-bond donors (Lipinski definition) is 2. The van der Waals surface area contributed by atoms with Crippen molar-refractivity contribution in [2.75, 3.05) is 10.6 Å². The number of halogens is 1. The number of amides is 2. The molecule has 0 aliphatic rings. The largest absolute Gasteiger partial charge is 0.326 e. The van der Waals surface area contributed by atoms with E-state index in [1.165, 1.54) is 0 Å². The molecule has 0 saturated heterocycles. The molecule has 2 aromatic rings. The van der Waals surface area contributed by atoms with Crippen LogP contribution in [0.5, 0.6) is 0 Å². The van der Waals surface area contributed by atoms with Gasteiger partial charge in [-0.1, -0.05) is 35.9 Å². The van der Waals surface area contributed by atoms with Gasteiger partial charge in [0.15, 0.2) is 0 Å². The summed E-state index contributed by atoms with van der Waals surface area (Å²) in [6.45, 7) is 1.81. The van der Waals surface area contributed by atoms with Gasteiger partial charge < -0.3 is 10.6 Å². The zero-order valence-electron chi connectivity index (χ0n) is 11.5. The molecule has 0 heterocycles. The lowest BCUT2D eigenvalue weighted by atomic mass is 10.2. The number of anilines is 2. The van der Waals surface area contributed by atoms with Crippen molar-refractivity contribution in [2.24, 2.45) is 0 Å². The average Bonchev–Trinajstić information content (AvgIpc) is 2.44. The zero-order chi connectivity index (χ0) is 15.2. The summed E-state index contributed by atoms with van der Waals surface area (Å²) >= 11 is 5.98. The number of carbonyl (C=O) groups is 2. The maximum absolute atomic E-state index is 11.9. The van der Waals surface area contributed by atoms with Crippen molar-refractivity contribution >= 4 is 34.8 Å². The Hall–Kier alpha value is -2.33. The molecule has 2 amide bonds. The molecule has 2 aromatic carbocycles. The molecule has 0 aliphatic heterocycles. The zero-order valence-corrected chi connectivity index (χ0v) is 12.3. The van der Waals surface area contributed by atoms with Crippen LogP contribution in [0.2, 0.25) is 5.02 Å². The van der Waals surface area contributed by atoms with Gasteiger partial charge in [0.2, 0.25) is 11.8 Å². The van der Waals surface area contributed by atoms with Gasteiger partial charge in [0.05, 0.1) is 0 Å². The fourth-order valence-electron chi connectivity index (χ4n) is 1.81. The molecule has 0 radical (unpaired) electrons. The maximum Gasteiger partial charge on any atom is 0.233 e. The molecule has 5 heteroatoms. The Bertz CT molecular complexity index is 657. The SMILES string of the molecule is Cc1c(Cl)cccc1NC(=O)CC(=O)Nc1ccccc1. The summed E-state index contributed by atoms with van der Waals surface area (Å²) in [5.41, 5.74) is 2.05. The van der Waals surface area contributed by atoms with E-state index in [2.05, 4.69) is 10.6 Å². The van der Waals surface area contributed by atoms with Crippen molar-refractivity contribution in [3.8, 4) is 0 Å². The summed E-state index contributed by atoms with van der Waals surface area (Å²) in [5.74, 6) is -0.743. The van der Waals surface area contributed by atoms with Gasteiger partial charge in [0.1, 0.15) is 6.42 Å². The third kappa shape index (κ3) is 4.33. The van der Waals surface area contributed by atoms with Gasteiger partial charge in [0, 0.05) is 16.4 Å². The first-order valence-corrected chi connectivity index (χ1v) is 6.84. The summed E-state index contributed by atoms with van der Waals surface area (Å²) in [6.07, 6.45) is -0.249. The summed E-state index contributed by atoms with van der Waals surface area (Å²) in [7, 11) is 0. The van der Waals surface area contributed by atoms with Crippen LogP contribution in [0.1, 0.15) is 12.0 Å². The second kappa shape index (κ2) is 6.90. The first-order valence-electron chi connectivity index (χ1n) is 6.46. The number of para-hydroxylation sites is 1. The normalized spacial score (nSPS) is 10.0. The predicted octanol–water partition coefficient (Wildman–Crippen LogP) is 3.62. The fourth-order valence-corrected chi connectivity index (χ4v) is 1.98. The second-order valence-corrected chi connectivity index (χ2v) is 4.96. The Morgan fingerprint density at radius 2 is 1.62 bits per heavy atom. The number of nitrogens with one attached hydrogen (secondary N) is 2. The van der Waals surface area contributed by atoms with Gasteiger partial charge >= 0.3 is 0 Å². The van der Waals surface area contributed by atoms with Gasteiger partial charge in [-0.05, 0) is 36.8 Å². The standard InChI is InChI=1S/C16H15ClN2O2/c1-11-13(17)8-5-9-14(11)19-16(21)10-15(20)18-12-6-3-2-4-7-12/h2-9H,10H2,1H3,(H,18,20)(H,19,21). The molecule has 21 heavy (non-hydrogen) atoms. The number of carbonyl (C=O) groups excluding carboxylic acids is 2. The molecular formula is C16H15ClN2O2. The Labute approximate surface area is 128 Å². The van der Waals surface area contributed by atoms with Gasteiger partial charge in [-0.3, -0.25) is 9.59 Å². The molecule has 108 valence electrons. The summed E-state index contributed by atoms with van der Waals surface area (Å²) in [5, 5.41) is 5.91. The monoisotopic (exact) mass is 302 g/mol. The van der Waals surface area contributed by atoms with Crippen molar-refractivity contribution in [1.82, 2.24) is 0 Å². The molecule has 0 aromatic heterocycles. The van der Waals surface area contributed by atoms with Crippen LogP contribution >= 0.6 is 11.6 Å². The van der Waals surface area contributed by atoms with Gasteiger partial charge in [-0.25, -0.2) is 0 Å². The van der Waals surface area contributed by atoms with Crippen LogP contribution < -0.4 is 10.6 Å². The fraction of sp³-hybridized carbons (Fsp3) is 0.125. The van der Waals surface area contributed by atoms with E-state index in [-0.39, 0.29) is 18.2 Å². The van der Waals surface area contributed by atoms with Crippen LogP contribution in [0.3, 0.4) is 0 Å². The van der Waals surface area contributed by atoms with E-state index in [0.29, 0.717) is 16.4 Å². The number of benzene rings is 2. The Morgan fingerprint density at radius 3 is 2.33 bits per heavy atom. The highest BCUT2D eigenvalue weighted by atomic mass is 35.5. The van der Waals surface area contributed by atoms with E-state index < -0.39 is 0 Å². The Kier molecular flexibility index (Phi) is 4.95. The molecule has 0 saturated carbocycles. The lowest BCUT2D eigenvalue weighted by Gasteiger charge is -2.09. The molecule has 0 fully saturated rings. The van der Waals surface area contributed by atoms with E-state index in [1.54, 1.807) is 30.3 Å². The van der Waals surface area contributed by atoms with E-state index in [1.807, 2.05) is 25.1 Å². The van der Waals surface area contributed by atoms with Gasteiger partial charge in [-0.15, -0.1) is 0 Å². The number of hydrogen-bond acceptors (Lipinski definition) is 2. The summed E-state index contributed by atoms with van der Waals surface area (Å²) < 4.78 is 0. The molecule has 0 unspecified atom stereocenters. The first-order chi connectivity index (χ1) is 10.1. The molecule has 0 spiro atoms. The molecule has 0 atom stereocenters. The molecular weight excluding hydrogens is 288 g/mol. The van der Waals surface area contributed by atoms with E-state index in [9.17, 15) is 9.59 Å². The number of rotatable bonds is 4. The topological polar surface area (TPSA) is 58.2 Å². The highest BCUT2D eigenvalue weighted by Crippen LogP contribution is 2.22. The van der Waals surface area contributed by atoms with Crippen LogP contribution in [0.25, 0.3) is 0 Å². The summed E-state index contributed by atoms with van der Waals surface area (Å²) in [6, 6.07) is 14.2. The van der Waals surface area contributed by atoms with Crippen LogP contribution in [0.4, 0.5) is 11.4 Å². The molecule has 0 aliphatic carbocycles. The quantitative estimate of drug-likeness (QED) is 0.848. The lowest BCUT2D eigenvalue weighted by molar-refractivity contribution is -0.123. The third-order valence-electron chi connectivity index (χ3n) is 2.92. The van der Waals surface area contributed by atoms with Crippen LogP contribution in [0, 0.1) is 6.92 Å². The van der Waals surface area contributed by atoms with Crippen LogP contribution in [-0.4, -0.2) is 11.8 Å². The van der Waals surface area contributed by atoms with Crippen molar-refractivity contribution in [3.05, 3.63) is 59.1 Å². The van der Waals surface area contributed by atoms with Crippen molar-refractivity contribution in [2.45, 2.75) is 13.3 Å². The van der Waals surface area contributed by atoms with Crippen LogP contribution in [0.15, 0.2) is 48.5 Å². The van der Waals surface area contributed by atoms with Crippen molar-refractivity contribution < 1.29 is 9.59 Å². The minimum absolute atomic E-state index is 0.249. The van der Waals surface area contributed by atoms with E-state index >= 15 is 0 Å². The predicted molar refractivity (Wildman–Crippen MR) is 84.5 cm³/mol. The third-order valence-corrected chi connectivity index (χ3v) is 3.33. The lowest BCUT2D eigenvalue weighted by Crippen LogP contribution is -2.21. The Balaban J connectivity index is 1.92. The first kappa shape index (κ1) is 15.1. The van der Waals surface area contributed by atoms with Crippen molar-refractivity contribution in [1.29, 1.82) is 0 Å². The van der Waals surface area contributed by atoms with Gasteiger partial charge in [0.25, 0.3) is 0 Å². The van der Waals surface area contributed by atoms with Gasteiger partial charge in [-0.2, -0.15) is 0 Å². The minimum atomic E-state index is -0.381. The summed E-state index contributed by atoms with van der Waals surface area (Å²) in [4.78, 5) is 23.6. The van der Waals surface area contributed by atoms with Crippen molar-refractivity contribution in [3.63, 3.8) is 0 Å². The minimum Gasteiger partial charge on any atom is -0.326 e. The highest BCUT2D eigenvalue weighted by molar-refractivity contribution is 6.31. The smallest absolute Gasteiger partial charge is 0.233 e. The molecule has 4 nitrogen and oxygen atoms in total. The molecule has 2 N–H and O–H groups in total. The highest BCUT2D eigenvalue weighted by Gasteiger charge is 2.11. The second-order valence-electron chi connectivity index (χ2n) is 4.55. The van der Waals surface area contributed by atoms with E-state index in [0.717, 1.165) is 5.56 Å². The average molecular weight is 303 g/mol. The molecule has 0 bridgehead atoms. The Morgan fingerprint density at radius 1 is 0.952 bits per heavy atom. The van der Waals surface area contributed by atoms with E-state index in [4.69, 9.17) is 11.6 Å². The van der Waals surface area contributed by atoms with Crippen LogP contribution in [-0.2, 0) is 9.59 Å². The maximum atomic E-state index is 11.9.